The smallest absolute Gasteiger partial charge is 0.0269 e. The van der Waals surface area contributed by atoms with E-state index in [1.165, 1.54) is 9.75 Å². The molecule has 0 saturated heterocycles. The second-order valence-electron chi connectivity index (χ2n) is 1.95. The molecule has 0 aliphatic heterocycles. The lowest BCUT2D eigenvalue weighted by atomic mass is 10.4. The highest BCUT2D eigenvalue weighted by molar-refractivity contribution is 7.12. The molecule has 0 bridgehead atoms. The Kier molecular flexibility index (Phi) is 5.86. The summed E-state index contributed by atoms with van der Waals surface area (Å²) < 4.78 is 0. The van der Waals surface area contributed by atoms with E-state index in [0.29, 0.717) is 0 Å². The van der Waals surface area contributed by atoms with Gasteiger partial charge in [-0.1, -0.05) is 19.9 Å². The third kappa shape index (κ3) is 3.99. The van der Waals surface area contributed by atoms with Gasteiger partial charge in [-0.15, -0.1) is 11.3 Å². The van der Waals surface area contributed by atoms with E-state index in [9.17, 15) is 0 Å². The van der Waals surface area contributed by atoms with Crippen LogP contribution in [0.5, 0.6) is 0 Å². The first-order valence-corrected chi connectivity index (χ1v) is 4.83. The third-order valence-corrected chi connectivity index (χ3v) is 2.06. The van der Waals surface area contributed by atoms with Crippen molar-refractivity contribution in [3.8, 4) is 0 Å². The van der Waals surface area contributed by atoms with Gasteiger partial charge in [0, 0.05) is 9.75 Å². The van der Waals surface area contributed by atoms with Gasteiger partial charge in [-0.05, 0) is 32.1 Å². The quantitative estimate of drug-likeness (QED) is 0.592. The molecule has 0 saturated carbocycles. The number of aryl methyl sites for hydroxylation is 1. The molecule has 0 radical (unpaired) electrons. The summed E-state index contributed by atoms with van der Waals surface area (Å²) in [6.45, 7) is 8.16. The maximum atomic E-state index is 2.14. The Hall–Kier alpha value is -0.560. The Morgan fingerprint density at radius 2 is 1.91 bits per heavy atom. The lowest BCUT2D eigenvalue weighted by molar-refractivity contribution is 1.50. The van der Waals surface area contributed by atoms with Crippen LogP contribution in [0, 0.1) is 6.92 Å². The highest BCUT2D eigenvalue weighted by Gasteiger charge is 1.87. The van der Waals surface area contributed by atoms with Crippen LogP contribution in [0.2, 0.25) is 0 Å². The highest BCUT2D eigenvalue weighted by atomic mass is 32.1. The summed E-state index contributed by atoms with van der Waals surface area (Å²) in [5.41, 5.74) is 0. The van der Waals surface area contributed by atoms with Gasteiger partial charge in [0.25, 0.3) is 0 Å². The van der Waals surface area contributed by atoms with Crippen LogP contribution >= 0.6 is 11.3 Å². The van der Waals surface area contributed by atoms with E-state index >= 15 is 0 Å². The van der Waals surface area contributed by atoms with Gasteiger partial charge in [0.1, 0.15) is 0 Å². The van der Waals surface area contributed by atoms with Crippen LogP contribution in [0.4, 0.5) is 0 Å². The van der Waals surface area contributed by atoms with Crippen molar-refractivity contribution >= 4 is 17.4 Å². The Balaban J connectivity index is 0.000000461. The minimum absolute atomic E-state index is 1.34. The van der Waals surface area contributed by atoms with Gasteiger partial charge in [0.05, 0.1) is 0 Å². The molecule has 1 rings (SSSR count). The first kappa shape index (κ1) is 10.4. The molecular weight excluding hydrogens is 152 g/mol. The highest BCUT2D eigenvalue weighted by Crippen LogP contribution is 2.15. The van der Waals surface area contributed by atoms with Crippen molar-refractivity contribution in [2.24, 2.45) is 0 Å². The average Bonchev–Trinajstić information content (AvgIpc) is 2.41. The van der Waals surface area contributed by atoms with Crippen molar-refractivity contribution < 1.29 is 0 Å². The molecule has 0 aliphatic rings. The Labute approximate surface area is 73.6 Å². The second kappa shape index (κ2) is 6.17. The SMILES string of the molecule is C/C=C/c1ccc(C)s1.CC. The Bertz CT molecular complexity index is 208. The van der Waals surface area contributed by atoms with E-state index in [1.807, 2.05) is 32.1 Å². The predicted molar refractivity (Wildman–Crippen MR) is 55.1 cm³/mol. The molecule has 1 heteroatoms. The maximum Gasteiger partial charge on any atom is 0.0269 e. The summed E-state index contributed by atoms with van der Waals surface area (Å²) in [7, 11) is 0. The molecule has 1 aromatic heterocycles. The summed E-state index contributed by atoms with van der Waals surface area (Å²) in [5.74, 6) is 0. The number of rotatable bonds is 1. The van der Waals surface area contributed by atoms with E-state index in [-0.39, 0.29) is 0 Å². The molecule has 0 fully saturated rings. The van der Waals surface area contributed by atoms with Crippen LogP contribution in [-0.2, 0) is 0 Å². The minimum atomic E-state index is 1.34. The van der Waals surface area contributed by atoms with Crippen LogP contribution in [0.15, 0.2) is 18.2 Å². The average molecular weight is 168 g/mol. The summed E-state index contributed by atoms with van der Waals surface area (Å²) in [5, 5.41) is 0. The molecule has 11 heavy (non-hydrogen) atoms. The van der Waals surface area contributed by atoms with Crippen molar-refractivity contribution in [1.29, 1.82) is 0 Å². The number of allylic oxidation sites excluding steroid dienone is 1. The van der Waals surface area contributed by atoms with Crippen LogP contribution < -0.4 is 0 Å². The van der Waals surface area contributed by atoms with Gasteiger partial charge < -0.3 is 0 Å². The maximum absolute atomic E-state index is 2.14. The summed E-state index contributed by atoms with van der Waals surface area (Å²) >= 11 is 1.83. The van der Waals surface area contributed by atoms with Crippen LogP contribution in [0.3, 0.4) is 0 Å². The lowest BCUT2D eigenvalue weighted by Gasteiger charge is -1.77. The standard InChI is InChI=1S/C8H10S.C2H6/c1-3-4-8-6-5-7(2)9-8;1-2/h3-6H,1-2H3;1-2H3/b4-3+;. The normalized spacial score (nSPS) is 9.45. The topological polar surface area (TPSA) is 0 Å². The van der Waals surface area contributed by atoms with Gasteiger partial charge in [-0.2, -0.15) is 0 Å². The summed E-state index contributed by atoms with van der Waals surface area (Å²) in [6.07, 6.45) is 4.18. The fourth-order valence-corrected chi connectivity index (χ4v) is 1.56. The van der Waals surface area contributed by atoms with E-state index in [1.54, 1.807) is 0 Å². The number of hydrogen-bond acceptors (Lipinski definition) is 1. The third-order valence-electron chi connectivity index (χ3n) is 1.09. The molecule has 0 nitrogen and oxygen atoms in total. The van der Waals surface area contributed by atoms with Crippen molar-refractivity contribution in [2.45, 2.75) is 27.7 Å². The molecule has 1 aromatic rings. The van der Waals surface area contributed by atoms with Crippen molar-refractivity contribution in [1.82, 2.24) is 0 Å². The zero-order valence-corrected chi connectivity index (χ0v) is 8.53. The number of thiophene rings is 1. The van der Waals surface area contributed by atoms with Gasteiger partial charge in [-0.3, -0.25) is 0 Å². The van der Waals surface area contributed by atoms with Crippen molar-refractivity contribution in [3.05, 3.63) is 28.0 Å². The molecule has 1 heterocycles. The molecule has 0 aliphatic carbocycles. The molecule has 0 atom stereocenters. The fourth-order valence-electron chi connectivity index (χ4n) is 0.707. The molecular formula is C10H16S. The summed E-state index contributed by atoms with van der Waals surface area (Å²) in [4.78, 5) is 2.72. The summed E-state index contributed by atoms with van der Waals surface area (Å²) in [6, 6.07) is 4.28. The van der Waals surface area contributed by atoms with Gasteiger partial charge >= 0.3 is 0 Å². The first-order chi connectivity index (χ1) is 5.33. The van der Waals surface area contributed by atoms with Crippen LogP contribution in [-0.4, -0.2) is 0 Å². The van der Waals surface area contributed by atoms with E-state index in [4.69, 9.17) is 0 Å². The molecule has 62 valence electrons. The molecule has 0 amide bonds. The Morgan fingerprint density at radius 1 is 1.27 bits per heavy atom. The number of hydrogen-bond donors (Lipinski definition) is 0. The van der Waals surface area contributed by atoms with E-state index in [2.05, 4.69) is 31.2 Å². The molecule has 0 N–H and O–H groups in total. The molecule has 0 aromatic carbocycles. The largest absolute Gasteiger partial charge is 0.141 e. The second-order valence-corrected chi connectivity index (χ2v) is 3.27. The van der Waals surface area contributed by atoms with Crippen molar-refractivity contribution in [3.63, 3.8) is 0 Å². The van der Waals surface area contributed by atoms with Gasteiger partial charge in [0.2, 0.25) is 0 Å². The monoisotopic (exact) mass is 168 g/mol. The zero-order valence-electron chi connectivity index (χ0n) is 7.72. The van der Waals surface area contributed by atoms with Crippen LogP contribution in [0.25, 0.3) is 6.08 Å². The minimum Gasteiger partial charge on any atom is -0.141 e. The Morgan fingerprint density at radius 3 is 2.27 bits per heavy atom. The van der Waals surface area contributed by atoms with Crippen molar-refractivity contribution in [2.75, 3.05) is 0 Å². The van der Waals surface area contributed by atoms with E-state index in [0.717, 1.165) is 0 Å². The zero-order chi connectivity index (χ0) is 8.69. The first-order valence-electron chi connectivity index (χ1n) is 4.02. The van der Waals surface area contributed by atoms with E-state index < -0.39 is 0 Å². The molecule has 0 spiro atoms. The van der Waals surface area contributed by atoms with Gasteiger partial charge in [-0.25, -0.2) is 0 Å². The predicted octanol–water partition coefficient (Wildman–Crippen LogP) is 4.12. The molecule has 0 unspecified atom stereocenters. The lowest BCUT2D eigenvalue weighted by Crippen LogP contribution is -1.50. The van der Waals surface area contributed by atoms with Crippen LogP contribution in [0.1, 0.15) is 30.5 Å². The fraction of sp³-hybridized carbons (Fsp3) is 0.400. The van der Waals surface area contributed by atoms with Gasteiger partial charge in [0.15, 0.2) is 0 Å².